The molecule has 3 rings (SSSR count). The van der Waals surface area contributed by atoms with Crippen LogP contribution in [0.2, 0.25) is 0 Å². The van der Waals surface area contributed by atoms with Gasteiger partial charge in [-0.25, -0.2) is 0 Å². The van der Waals surface area contributed by atoms with Gasteiger partial charge in [-0.05, 0) is 42.3 Å². The molecule has 0 radical (unpaired) electrons. The highest BCUT2D eigenvalue weighted by Gasteiger charge is 2.26. The number of rotatable bonds is 4. The lowest BCUT2D eigenvalue weighted by Gasteiger charge is -2.33. The molecule has 0 aromatic heterocycles. The monoisotopic (exact) mass is 243 g/mol. The molecule has 1 aromatic rings. The van der Waals surface area contributed by atoms with Crippen molar-refractivity contribution in [3.8, 4) is 0 Å². The van der Waals surface area contributed by atoms with Crippen molar-refractivity contribution < 1.29 is 0 Å². The fraction of sp³-hybridized carbons (Fsp3) is 0.647. The van der Waals surface area contributed by atoms with E-state index in [1.165, 1.54) is 45.2 Å². The second kappa shape index (κ2) is 5.44. The van der Waals surface area contributed by atoms with Crippen LogP contribution in [0, 0.1) is 11.8 Å². The summed E-state index contributed by atoms with van der Waals surface area (Å²) in [5.74, 6) is 2.63. The summed E-state index contributed by atoms with van der Waals surface area (Å²) >= 11 is 0. The first kappa shape index (κ1) is 12.2. The second-order valence-corrected chi connectivity index (χ2v) is 6.28. The van der Waals surface area contributed by atoms with Crippen molar-refractivity contribution in [2.75, 3.05) is 13.1 Å². The van der Waals surface area contributed by atoms with Crippen LogP contribution in [0.3, 0.4) is 0 Å². The van der Waals surface area contributed by atoms with Gasteiger partial charge in [-0.2, -0.15) is 0 Å². The SMILES string of the molecule is CC1CCCCC1CNCC1Cc2ccccc21. The minimum absolute atomic E-state index is 0.778. The number of fused-ring (bicyclic) bond motifs is 1. The van der Waals surface area contributed by atoms with E-state index >= 15 is 0 Å². The Hall–Kier alpha value is -0.820. The molecule has 2 aliphatic carbocycles. The Morgan fingerprint density at radius 2 is 1.94 bits per heavy atom. The minimum atomic E-state index is 0.778. The van der Waals surface area contributed by atoms with Gasteiger partial charge in [0, 0.05) is 12.5 Å². The Balaban J connectivity index is 1.43. The van der Waals surface area contributed by atoms with E-state index < -0.39 is 0 Å². The van der Waals surface area contributed by atoms with E-state index in [1.807, 2.05) is 0 Å². The molecule has 0 bridgehead atoms. The summed E-state index contributed by atoms with van der Waals surface area (Å²) in [6.45, 7) is 4.85. The Morgan fingerprint density at radius 1 is 1.11 bits per heavy atom. The van der Waals surface area contributed by atoms with Gasteiger partial charge < -0.3 is 5.32 Å². The summed E-state index contributed by atoms with van der Waals surface area (Å²) in [6.07, 6.45) is 7.06. The maximum atomic E-state index is 3.73. The van der Waals surface area contributed by atoms with Gasteiger partial charge in [-0.3, -0.25) is 0 Å². The minimum Gasteiger partial charge on any atom is -0.316 e. The highest BCUT2D eigenvalue weighted by Crippen LogP contribution is 2.34. The van der Waals surface area contributed by atoms with Crippen LogP contribution in [0.15, 0.2) is 24.3 Å². The zero-order valence-corrected chi connectivity index (χ0v) is 11.5. The van der Waals surface area contributed by atoms with Crippen LogP contribution in [0.5, 0.6) is 0 Å². The van der Waals surface area contributed by atoms with Gasteiger partial charge >= 0.3 is 0 Å². The van der Waals surface area contributed by atoms with Crippen LogP contribution in [0.4, 0.5) is 0 Å². The molecule has 1 saturated carbocycles. The molecule has 3 atom stereocenters. The Bertz CT molecular complexity index is 398. The zero-order chi connectivity index (χ0) is 12.4. The van der Waals surface area contributed by atoms with Crippen molar-refractivity contribution in [3.63, 3.8) is 0 Å². The number of benzene rings is 1. The summed E-state index contributed by atoms with van der Waals surface area (Å²) in [5.41, 5.74) is 3.15. The molecule has 18 heavy (non-hydrogen) atoms. The summed E-state index contributed by atoms with van der Waals surface area (Å²) in [7, 11) is 0. The molecule has 98 valence electrons. The van der Waals surface area contributed by atoms with Crippen LogP contribution < -0.4 is 5.32 Å². The normalized spacial score (nSPS) is 30.6. The van der Waals surface area contributed by atoms with Gasteiger partial charge in [0.1, 0.15) is 0 Å². The van der Waals surface area contributed by atoms with Gasteiger partial charge in [0.25, 0.3) is 0 Å². The number of hydrogen-bond acceptors (Lipinski definition) is 1. The molecule has 2 aliphatic rings. The standard InChI is InChI=1S/C17H25N/c1-13-6-2-3-8-15(13)11-18-12-16-10-14-7-4-5-9-17(14)16/h4-5,7,9,13,15-16,18H,2-3,6,8,10-12H2,1H3. The smallest absolute Gasteiger partial charge is 0.00235 e. The summed E-state index contributed by atoms with van der Waals surface area (Å²) in [4.78, 5) is 0. The molecule has 1 fully saturated rings. The van der Waals surface area contributed by atoms with Crippen LogP contribution in [-0.2, 0) is 6.42 Å². The largest absolute Gasteiger partial charge is 0.316 e. The third kappa shape index (κ3) is 2.47. The first-order chi connectivity index (χ1) is 8.84. The van der Waals surface area contributed by atoms with Crippen molar-refractivity contribution >= 4 is 0 Å². The Morgan fingerprint density at radius 3 is 2.78 bits per heavy atom. The van der Waals surface area contributed by atoms with Gasteiger partial charge in [0.2, 0.25) is 0 Å². The molecular formula is C17H25N. The highest BCUT2D eigenvalue weighted by atomic mass is 14.9. The topological polar surface area (TPSA) is 12.0 Å². The van der Waals surface area contributed by atoms with Crippen LogP contribution in [-0.4, -0.2) is 13.1 Å². The van der Waals surface area contributed by atoms with E-state index in [9.17, 15) is 0 Å². The average molecular weight is 243 g/mol. The molecule has 1 heteroatoms. The Labute approximate surface area is 111 Å². The molecule has 0 amide bonds. The van der Waals surface area contributed by atoms with Crippen molar-refractivity contribution in [3.05, 3.63) is 35.4 Å². The maximum Gasteiger partial charge on any atom is 0.00235 e. The molecule has 1 nitrogen and oxygen atoms in total. The Kier molecular flexibility index (Phi) is 3.69. The molecule has 1 N–H and O–H groups in total. The van der Waals surface area contributed by atoms with Crippen LogP contribution in [0.25, 0.3) is 0 Å². The molecule has 3 unspecified atom stereocenters. The fourth-order valence-corrected chi connectivity index (χ4v) is 3.68. The molecule has 0 spiro atoms. The van der Waals surface area contributed by atoms with Gasteiger partial charge in [-0.15, -0.1) is 0 Å². The van der Waals surface area contributed by atoms with Crippen LogP contribution in [0.1, 0.15) is 49.7 Å². The molecule has 0 heterocycles. The van der Waals surface area contributed by atoms with Crippen molar-refractivity contribution in [1.29, 1.82) is 0 Å². The lowest BCUT2D eigenvalue weighted by atomic mass is 9.77. The second-order valence-electron chi connectivity index (χ2n) is 6.28. The maximum absolute atomic E-state index is 3.73. The van der Waals surface area contributed by atoms with E-state index in [4.69, 9.17) is 0 Å². The summed E-state index contributed by atoms with van der Waals surface area (Å²) in [5, 5.41) is 3.73. The fourth-order valence-electron chi connectivity index (χ4n) is 3.68. The number of nitrogens with one attached hydrogen (secondary N) is 1. The van der Waals surface area contributed by atoms with E-state index in [1.54, 1.807) is 11.1 Å². The molecule has 0 saturated heterocycles. The predicted octanol–water partition coefficient (Wildman–Crippen LogP) is 3.74. The third-order valence-corrected chi connectivity index (χ3v) is 5.05. The van der Waals surface area contributed by atoms with Gasteiger partial charge in [-0.1, -0.05) is 50.5 Å². The van der Waals surface area contributed by atoms with E-state index in [2.05, 4.69) is 36.5 Å². The lowest BCUT2D eigenvalue weighted by molar-refractivity contribution is 0.246. The van der Waals surface area contributed by atoms with Crippen LogP contribution >= 0.6 is 0 Å². The van der Waals surface area contributed by atoms with E-state index in [0.29, 0.717) is 0 Å². The van der Waals surface area contributed by atoms with Crippen molar-refractivity contribution in [2.45, 2.75) is 44.9 Å². The van der Waals surface area contributed by atoms with Gasteiger partial charge in [0.05, 0.1) is 0 Å². The zero-order valence-electron chi connectivity index (χ0n) is 11.5. The first-order valence-electron chi connectivity index (χ1n) is 7.63. The summed E-state index contributed by atoms with van der Waals surface area (Å²) < 4.78 is 0. The first-order valence-corrected chi connectivity index (χ1v) is 7.63. The van der Waals surface area contributed by atoms with Crippen molar-refractivity contribution in [1.82, 2.24) is 5.32 Å². The molecule has 0 aliphatic heterocycles. The quantitative estimate of drug-likeness (QED) is 0.849. The number of hydrogen-bond donors (Lipinski definition) is 1. The lowest BCUT2D eigenvalue weighted by Crippen LogP contribution is -2.34. The highest BCUT2D eigenvalue weighted by molar-refractivity contribution is 5.40. The predicted molar refractivity (Wildman–Crippen MR) is 76.9 cm³/mol. The van der Waals surface area contributed by atoms with Crippen molar-refractivity contribution in [2.24, 2.45) is 11.8 Å². The van der Waals surface area contributed by atoms with E-state index in [-0.39, 0.29) is 0 Å². The van der Waals surface area contributed by atoms with E-state index in [0.717, 1.165) is 17.8 Å². The summed E-state index contributed by atoms with van der Waals surface area (Å²) in [6, 6.07) is 8.91. The molecular weight excluding hydrogens is 218 g/mol. The molecule has 1 aromatic carbocycles. The third-order valence-electron chi connectivity index (χ3n) is 5.05. The average Bonchev–Trinajstić information content (AvgIpc) is 2.37. The van der Waals surface area contributed by atoms with Gasteiger partial charge in [0.15, 0.2) is 0 Å².